The van der Waals surface area contributed by atoms with E-state index >= 15 is 0 Å². The van der Waals surface area contributed by atoms with E-state index in [0.29, 0.717) is 33.3 Å². The van der Waals surface area contributed by atoms with Gasteiger partial charge in [-0.05, 0) is 65.9 Å². The van der Waals surface area contributed by atoms with Crippen molar-refractivity contribution in [1.82, 2.24) is 9.78 Å². The number of hydrogen-bond donors (Lipinski definition) is 0. The smallest absolute Gasteiger partial charge is 0.280 e. The Hall–Kier alpha value is -4.59. The molecule has 0 saturated carbocycles. The lowest BCUT2D eigenvalue weighted by Crippen LogP contribution is -2.34. The maximum Gasteiger partial charge on any atom is 0.280 e. The van der Waals surface area contributed by atoms with Crippen LogP contribution in [0.25, 0.3) is 16.8 Å². The molecule has 0 saturated heterocycles. The lowest BCUT2D eigenvalue weighted by Gasteiger charge is -2.36. The Morgan fingerprint density at radius 3 is 2.45 bits per heavy atom. The first-order valence-corrected chi connectivity index (χ1v) is 12.6. The van der Waals surface area contributed by atoms with Gasteiger partial charge in [-0.15, -0.1) is 0 Å². The Balaban J connectivity index is 1.69. The molecule has 2 aliphatic heterocycles. The molecule has 4 aromatic rings. The van der Waals surface area contributed by atoms with Crippen molar-refractivity contribution in [1.29, 1.82) is 10.5 Å². The number of amides is 1. The van der Waals surface area contributed by atoms with Gasteiger partial charge in [-0.2, -0.15) is 15.6 Å². The summed E-state index contributed by atoms with van der Waals surface area (Å²) < 4.78 is 7.36. The zero-order valence-electron chi connectivity index (χ0n) is 21.2. The molecule has 2 aliphatic rings. The van der Waals surface area contributed by atoms with E-state index in [2.05, 4.69) is 26.0 Å². The second kappa shape index (κ2) is 8.48. The molecule has 1 unspecified atom stereocenters. The largest absolute Gasteiger partial charge is 0.494 e. The second-order valence-electron chi connectivity index (χ2n) is 9.79. The first-order chi connectivity index (χ1) is 18.3. The molecule has 1 amide bonds. The van der Waals surface area contributed by atoms with Crippen molar-refractivity contribution in [3.8, 4) is 34.7 Å². The van der Waals surface area contributed by atoms with Crippen molar-refractivity contribution in [2.45, 2.75) is 32.7 Å². The molecule has 7 nitrogen and oxygen atoms in total. The number of carbonyl (C=O) groups is 1. The van der Waals surface area contributed by atoms with Crippen LogP contribution in [0.15, 0.2) is 48.5 Å². The normalized spacial score (nSPS) is 14.9. The first kappa shape index (κ1) is 23.8. The number of nitriles is 2. The van der Waals surface area contributed by atoms with E-state index in [1.54, 1.807) is 41.0 Å². The van der Waals surface area contributed by atoms with Gasteiger partial charge in [0.15, 0.2) is 5.69 Å². The number of methoxy groups -OCH3 is 1. The molecular formula is C30H22ClN5O2. The summed E-state index contributed by atoms with van der Waals surface area (Å²) in [5.74, 6) is 0.313. The molecule has 1 atom stereocenters. The van der Waals surface area contributed by atoms with Gasteiger partial charge in [0.1, 0.15) is 11.4 Å². The van der Waals surface area contributed by atoms with Crippen LogP contribution in [0.4, 0.5) is 5.69 Å². The summed E-state index contributed by atoms with van der Waals surface area (Å²) in [6, 6.07) is 18.4. The second-order valence-corrected chi connectivity index (χ2v) is 10.2. The molecule has 186 valence electrons. The molecule has 0 fully saturated rings. The summed E-state index contributed by atoms with van der Waals surface area (Å²) in [4.78, 5) is 16.0. The number of aryl methyl sites for hydroxylation is 1. The van der Waals surface area contributed by atoms with Crippen LogP contribution in [0.2, 0.25) is 5.02 Å². The van der Waals surface area contributed by atoms with Crippen molar-refractivity contribution in [2.24, 2.45) is 0 Å². The Morgan fingerprint density at radius 2 is 1.76 bits per heavy atom. The predicted octanol–water partition coefficient (Wildman–Crippen LogP) is 6.44. The van der Waals surface area contributed by atoms with E-state index < -0.39 is 6.04 Å². The molecular weight excluding hydrogens is 498 g/mol. The van der Waals surface area contributed by atoms with Crippen LogP contribution in [-0.2, 0) is 0 Å². The molecule has 38 heavy (non-hydrogen) atoms. The average Bonchev–Trinajstić information content (AvgIpc) is 3.45. The number of nitrogens with zero attached hydrogens (tertiary/aromatic N) is 5. The standard InChI is InChI=1S/C30H22ClN5O2/c1-15(2)27-25-26(34-36(27)22-12-18(14-33)7-10-23(22)38-4)30(37)35-28-16(3)5-9-21(31)24(28)20-11-17(13-32)6-8-19(20)29(25)35/h5-12,15,29H,1-4H3. The average molecular weight is 520 g/mol. The number of ether oxygens (including phenoxy) is 1. The van der Waals surface area contributed by atoms with Crippen LogP contribution in [0.1, 0.15) is 69.8 Å². The predicted molar refractivity (Wildman–Crippen MR) is 144 cm³/mol. The minimum absolute atomic E-state index is 0.0156. The quantitative estimate of drug-likeness (QED) is 0.310. The third-order valence-electron chi connectivity index (χ3n) is 7.31. The molecule has 3 aromatic carbocycles. The van der Waals surface area contributed by atoms with E-state index in [9.17, 15) is 15.3 Å². The highest BCUT2D eigenvalue weighted by molar-refractivity contribution is 6.35. The van der Waals surface area contributed by atoms with Crippen LogP contribution < -0.4 is 9.64 Å². The number of carbonyl (C=O) groups excluding carboxylic acids is 1. The van der Waals surface area contributed by atoms with E-state index in [4.69, 9.17) is 21.4 Å². The summed E-state index contributed by atoms with van der Waals surface area (Å²) in [6.45, 7) is 6.07. The molecule has 0 bridgehead atoms. The van der Waals surface area contributed by atoms with Crippen LogP contribution in [0.5, 0.6) is 5.75 Å². The maximum atomic E-state index is 14.2. The molecule has 0 spiro atoms. The number of fused-ring (bicyclic) bond motifs is 8. The van der Waals surface area contributed by atoms with Gasteiger partial charge in [0, 0.05) is 11.1 Å². The SMILES string of the molecule is COc1ccc(C#N)cc1-n1nc2c(c1C(C)C)C1c3ccc(C#N)cc3-c3c(Cl)ccc(C)c3N1C2=O. The number of halogens is 1. The van der Waals surface area contributed by atoms with Gasteiger partial charge in [0.2, 0.25) is 0 Å². The number of hydrogen-bond acceptors (Lipinski definition) is 5. The van der Waals surface area contributed by atoms with Gasteiger partial charge in [0.05, 0.1) is 52.8 Å². The zero-order valence-corrected chi connectivity index (χ0v) is 22.0. The fourth-order valence-electron chi connectivity index (χ4n) is 5.74. The molecule has 6 rings (SSSR count). The van der Waals surface area contributed by atoms with Gasteiger partial charge in [-0.3, -0.25) is 9.69 Å². The summed E-state index contributed by atoms with van der Waals surface area (Å²) in [6.07, 6.45) is 0. The molecule has 3 heterocycles. The maximum absolute atomic E-state index is 14.2. The minimum Gasteiger partial charge on any atom is -0.494 e. The third-order valence-corrected chi connectivity index (χ3v) is 7.63. The summed E-state index contributed by atoms with van der Waals surface area (Å²) >= 11 is 6.73. The summed E-state index contributed by atoms with van der Waals surface area (Å²) in [5.41, 5.74) is 7.70. The van der Waals surface area contributed by atoms with Gasteiger partial charge >= 0.3 is 0 Å². The number of rotatable bonds is 3. The van der Waals surface area contributed by atoms with Gasteiger partial charge < -0.3 is 4.74 Å². The highest BCUT2D eigenvalue weighted by Crippen LogP contribution is 2.56. The summed E-state index contributed by atoms with van der Waals surface area (Å²) in [7, 11) is 1.57. The monoisotopic (exact) mass is 519 g/mol. The van der Waals surface area contributed by atoms with Crippen LogP contribution in [0.3, 0.4) is 0 Å². The highest BCUT2D eigenvalue weighted by Gasteiger charge is 2.49. The number of anilines is 1. The van der Waals surface area contributed by atoms with Crippen molar-refractivity contribution >= 4 is 23.2 Å². The van der Waals surface area contributed by atoms with Crippen molar-refractivity contribution in [3.05, 3.63) is 92.8 Å². The molecule has 0 radical (unpaired) electrons. The Morgan fingerprint density at radius 1 is 1.05 bits per heavy atom. The summed E-state index contributed by atoms with van der Waals surface area (Å²) in [5, 5.41) is 24.6. The Bertz CT molecular complexity index is 1770. The minimum atomic E-state index is -0.443. The van der Waals surface area contributed by atoms with E-state index in [1.807, 2.05) is 31.2 Å². The van der Waals surface area contributed by atoms with E-state index in [1.165, 1.54) is 0 Å². The van der Waals surface area contributed by atoms with Gasteiger partial charge in [-0.1, -0.05) is 37.6 Å². The molecule has 0 aliphatic carbocycles. The van der Waals surface area contributed by atoms with Crippen LogP contribution in [-0.4, -0.2) is 22.8 Å². The van der Waals surface area contributed by atoms with Gasteiger partial charge in [-0.25, -0.2) is 4.68 Å². The first-order valence-electron chi connectivity index (χ1n) is 12.2. The fraction of sp³-hybridized carbons (Fsp3) is 0.200. The third kappa shape index (κ3) is 3.13. The molecule has 0 N–H and O–H groups in total. The van der Waals surface area contributed by atoms with Gasteiger partial charge in [0.25, 0.3) is 5.91 Å². The van der Waals surface area contributed by atoms with E-state index in [-0.39, 0.29) is 11.8 Å². The Labute approximate surface area is 225 Å². The zero-order chi connectivity index (χ0) is 26.9. The van der Waals surface area contributed by atoms with Crippen molar-refractivity contribution in [2.75, 3.05) is 12.0 Å². The highest BCUT2D eigenvalue weighted by atomic mass is 35.5. The fourth-order valence-corrected chi connectivity index (χ4v) is 5.99. The van der Waals surface area contributed by atoms with E-state index in [0.717, 1.165) is 39.2 Å². The van der Waals surface area contributed by atoms with Crippen molar-refractivity contribution < 1.29 is 9.53 Å². The van der Waals surface area contributed by atoms with Crippen LogP contribution in [0, 0.1) is 29.6 Å². The number of aromatic nitrogens is 2. The van der Waals surface area contributed by atoms with Crippen LogP contribution >= 0.6 is 11.6 Å². The molecule has 8 heteroatoms. The lowest BCUT2D eigenvalue weighted by atomic mass is 9.83. The molecule has 1 aromatic heterocycles. The topological polar surface area (TPSA) is 94.9 Å². The lowest BCUT2D eigenvalue weighted by molar-refractivity contribution is 0.0988. The number of benzene rings is 3. The van der Waals surface area contributed by atoms with Crippen molar-refractivity contribution in [3.63, 3.8) is 0 Å². The Kier molecular flexibility index (Phi) is 5.31.